The van der Waals surface area contributed by atoms with Crippen molar-refractivity contribution in [3.63, 3.8) is 0 Å². The lowest BCUT2D eigenvalue weighted by atomic mass is 9.95. The first-order valence-electron chi connectivity index (χ1n) is 11.1. The van der Waals surface area contributed by atoms with E-state index in [2.05, 4.69) is 35.3 Å². The molecule has 0 spiro atoms. The Hall–Kier alpha value is -2.28. The molecule has 7 heteroatoms. The lowest BCUT2D eigenvalue weighted by molar-refractivity contribution is 0.134. The molecule has 0 saturated carbocycles. The molecule has 1 saturated heterocycles. The monoisotopic (exact) mass is 469 g/mol. The summed E-state index contributed by atoms with van der Waals surface area (Å²) < 4.78 is 29.3. The van der Waals surface area contributed by atoms with Crippen molar-refractivity contribution in [1.29, 1.82) is 0 Å². The van der Waals surface area contributed by atoms with E-state index < -0.39 is 9.84 Å². The molecule has 2 aliphatic rings. The van der Waals surface area contributed by atoms with Crippen LogP contribution in [0.4, 0.5) is 0 Å². The first kappa shape index (κ1) is 21.6. The molecular formula is C25H28ClN3O2S. The van der Waals surface area contributed by atoms with E-state index in [4.69, 9.17) is 0 Å². The molecule has 2 bridgehead atoms. The number of aromatic nitrogens is 2. The van der Waals surface area contributed by atoms with Gasteiger partial charge in [0.15, 0.2) is 0 Å². The predicted molar refractivity (Wildman–Crippen MR) is 130 cm³/mol. The van der Waals surface area contributed by atoms with Crippen LogP contribution in [0.15, 0.2) is 58.5 Å². The number of H-pyrrole nitrogens is 1. The Kier molecular flexibility index (Phi) is 4.97. The van der Waals surface area contributed by atoms with Gasteiger partial charge in [0.1, 0.15) is 0 Å². The van der Waals surface area contributed by atoms with E-state index >= 15 is 0 Å². The second-order valence-electron chi connectivity index (χ2n) is 9.32. The minimum Gasteiger partial charge on any atom is -0.361 e. The zero-order valence-electron chi connectivity index (χ0n) is 18.5. The normalized spacial score (nSPS) is 20.8. The van der Waals surface area contributed by atoms with Crippen LogP contribution in [0, 0.1) is 0 Å². The van der Waals surface area contributed by atoms with Gasteiger partial charge in [-0.25, -0.2) is 8.42 Å². The van der Waals surface area contributed by atoms with Gasteiger partial charge in [0.05, 0.1) is 9.79 Å². The molecule has 5 nitrogen and oxygen atoms in total. The summed E-state index contributed by atoms with van der Waals surface area (Å²) in [7, 11) is -1.47. The first-order valence-corrected chi connectivity index (χ1v) is 12.6. The van der Waals surface area contributed by atoms with Gasteiger partial charge in [-0.15, -0.1) is 12.4 Å². The molecule has 168 valence electrons. The number of sulfone groups is 1. The third-order valence-electron chi connectivity index (χ3n) is 7.39. The van der Waals surface area contributed by atoms with E-state index in [1.54, 1.807) is 18.2 Å². The number of rotatable bonds is 3. The summed E-state index contributed by atoms with van der Waals surface area (Å²) in [5.41, 5.74) is 4.79. The van der Waals surface area contributed by atoms with Gasteiger partial charge < -0.3 is 9.55 Å². The molecule has 1 N–H and O–H groups in total. The fourth-order valence-electron chi connectivity index (χ4n) is 6.03. The van der Waals surface area contributed by atoms with Crippen LogP contribution in [0.1, 0.15) is 44.0 Å². The maximum Gasteiger partial charge on any atom is 0.206 e. The summed E-state index contributed by atoms with van der Waals surface area (Å²) in [4.78, 5) is 6.48. The largest absolute Gasteiger partial charge is 0.361 e. The SMILES string of the molecule is CC(C)N1C2CCC1c1c(n(C)c3ccc(S(=O)(=O)c4ccc5[nH]ccc5c4)cc13)C2.Cl. The van der Waals surface area contributed by atoms with E-state index in [0.717, 1.165) is 34.6 Å². The summed E-state index contributed by atoms with van der Waals surface area (Å²) in [6.45, 7) is 4.54. The number of nitrogens with one attached hydrogen (secondary N) is 1. The maximum atomic E-state index is 13.5. The Morgan fingerprint density at radius 2 is 1.78 bits per heavy atom. The molecule has 2 aromatic heterocycles. The highest BCUT2D eigenvalue weighted by Gasteiger charge is 2.43. The molecule has 6 rings (SSSR count). The minimum atomic E-state index is -3.60. The van der Waals surface area contributed by atoms with Crippen LogP contribution in [0.25, 0.3) is 21.8 Å². The van der Waals surface area contributed by atoms with Crippen LogP contribution in [0.2, 0.25) is 0 Å². The average Bonchev–Trinajstić information content (AvgIpc) is 3.42. The second kappa shape index (κ2) is 7.37. The summed E-state index contributed by atoms with van der Waals surface area (Å²) in [6.07, 6.45) is 5.24. The Labute approximate surface area is 194 Å². The van der Waals surface area contributed by atoms with Crippen LogP contribution in [0.5, 0.6) is 0 Å². The number of aryl methyl sites for hydroxylation is 1. The van der Waals surface area contributed by atoms with Crippen LogP contribution in [-0.2, 0) is 23.3 Å². The number of aromatic amines is 1. The van der Waals surface area contributed by atoms with Gasteiger partial charge in [0.25, 0.3) is 0 Å². The lowest BCUT2D eigenvalue weighted by Gasteiger charge is -2.38. The standard InChI is InChI=1S/C25H27N3O2S.ClH/c1-15(2)28-17-4-8-23(28)25-20-14-19(6-9-22(20)27(3)24(25)13-17)31(29,30)18-5-7-21-16(12-18)10-11-26-21;/h5-7,9-12,14-15,17,23,26H,4,8,13H2,1-3H3;1H. The van der Waals surface area contributed by atoms with Crippen molar-refractivity contribution in [1.82, 2.24) is 14.5 Å². The fourth-order valence-corrected chi connectivity index (χ4v) is 7.36. The number of halogens is 1. The average molecular weight is 470 g/mol. The maximum absolute atomic E-state index is 13.5. The highest BCUT2D eigenvalue weighted by atomic mass is 35.5. The molecular weight excluding hydrogens is 442 g/mol. The predicted octanol–water partition coefficient (Wildman–Crippen LogP) is 5.38. The van der Waals surface area contributed by atoms with E-state index in [-0.39, 0.29) is 12.4 Å². The molecule has 2 unspecified atom stereocenters. The molecule has 4 heterocycles. The molecule has 32 heavy (non-hydrogen) atoms. The molecule has 2 aliphatic heterocycles. The summed E-state index contributed by atoms with van der Waals surface area (Å²) in [5, 5.41) is 2.00. The highest BCUT2D eigenvalue weighted by molar-refractivity contribution is 7.91. The van der Waals surface area contributed by atoms with E-state index in [0.29, 0.717) is 27.9 Å². The van der Waals surface area contributed by atoms with Crippen molar-refractivity contribution >= 4 is 44.1 Å². The smallest absolute Gasteiger partial charge is 0.206 e. The number of fused-ring (bicyclic) bond motifs is 7. The highest BCUT2D eigenvalue weighted by Crippen LogP contribution is 2.48. The van der Waals surface area contributed by atoms with Crippen molar-refractivity contribution in [2.24, 2.45) is 7.05 Å². The second-order valence-corrected chi connectivity index (χ2v) is 11.3. The number of benzene rings is 2. The molecule has 0 amide bonds. The van der Waals surface area contributed by atoms with Gasteiger partial charge in [-0.2, -0.15) is 0 Å². The fraction of sp³-hybridized carbons (Fsp3) is 0.360. The van der Waals surface area contributed by atoms with Crippen molar-refractivity contribution in [2.75, 3.05) is 0 Å². The van der Waals surface area contributed by atoms with Gasteiger partial charge in [0, 0.05) is 65.3 Å². The summed E-state index contributed by atoms with van der Waals surface area (Å²) in [5.74, 6) is 0. The van der Waals surface area contributed by atoms with E-state index in [1.165, 1.54) is 17.7 Å². The Morgan fingerprint density at radius 3 is 2.56 bits per heavy atom. The first-order chi connectivity index (χ1) is 14.9. The Balaban J connectivity index is 0.00000216. The van der Waals surface area contributed by atoms with Crippen LogP contribution < -0.4 is 0 Å². The quantitative estimate of drug-likeness (QED) is 0.438. The Morgan fingerprint density at radius 1 is 1.03 bits per heavy atom. The van der Waals surface area contributed by atoms with Crippen molar-refractivity contribution in [3.05, 3.63) is 59.9 Å². The minimum absolute atomic E-state index is 0. The zero-order valence-corrected chi connectivity index (χ0v) is 20.1. The van der Waals surface area contributed by atoms with Crippen molar-refractivity contribution < 1.29 is 8.42 Å². The third-order valence-corrected chi connectivity index (χ3v) is 9.14. The van der Waals surface area contributed by atoms with Gasteiger partial charge in [0.2, 0.25) is 9.84 Å². The topological polar surface area (TPSA) is 58.1 Å². The summed E-state index contributed by atoms with van der Waals surface area (Å²) in [6, 6.07) is 14.3. The van der Waals surface area contributed by atoms with Crippen molar-refractivity contribution in [2.45, 2.75) is 61.0 Å². The molecule has 0 aliphatic carbocycles. The molecule has 2 aromatic carbocycles. The number of nitrogens with zero attached hydrogens (tertiary/aromatic N) is 2. The Bertz CT molecular complexity index is 1450. The van der Waals surface area contributed by atoms with Gasteiger partial charge in [-0.1, -0.05) is 0 Å². The van der Waals surface area contributed by atoms with Gasteiger partial charge in [-0.05, 0) is 74.7 Å². The number of hydrogen-bond donors (Lipinski definition) is 1. The van der Waals surface area contributed by atoms with Crippen LogP contribution >= 0.6 is 12.4 Å². The van der Waals surface area contributed by atoms with E-state index in [1.807, 2.05) is 30.5 Å². The van der Waals surface area contributed by atoms with Crippen LogP contribution in [-0.4, -0.2) is 35.0 Å². The molecule has 1 fully saturated rings. The lowest BCUT2D eigenvalue weighted by Crippen LogP contribution is -2.42. The molecule has 4 aromatic rings. The molecule has 0 radical (unpaired) electrons. The van der Waals surface area contributed by atoms with Crippen molar-refractivity contribution in [3.8, 4) is 0 Å². The van der Waals surface area contributed by atoms with Gasteiger partial charge >= 0.3 is 0 Å². The molecule has 2 atom stereocenters. The van der Waals surface area contributed by atoms with E-state index in [9.17, 15) is 8.42 Å². The zero-order chi connectivity index (χ0) is 21.5. The van der Waals surface area contributed by atoms with Crippen LogP contribution in [0.3, 0.4) is 0 Å². The van der Waals surface area contributed by atoms with Gasteiger partial charge in [-0.3, -0.25) is 4.90 Å². The third kappa shape index (κ3) is 2.89. The summed E-state index contributed by atoms with van der Waals surface area (Å²) >= 11 is 0. The number of hydrogen-bond acceptors (Lipinski definition) is 3.